The van der Waals surface area contributed by atoms with E-state index in [1.54, 1.807) is 15.9 Å². The summed E-state index contributed by atoms with van der Waals surface area (Å²) >= 11 is 6.72. The van der Waals surface area contributed by atoms with Gasteiger partial charge in [-0.25, -0.2) is 0 Å². The summed E-state index contributed by atoms with van der Waals surface area (Å²) in [6.07, 6.45) is 0. The van der Waals surface area contributed by atoms with Crippen molar-refractivity contribution in [2.45, 2.75) is 27.3 Å². The third kappa shape index (κ3) is 1.46. The van der Waals surface area contributed by atoms with Crippen LogP contribution in [0.2, 0.25) is 0 Å². The van der Waals surface area contributed by atoms with Crippen LogP contribution < -0.4 is 5.56 Å². The van der Waals surface area contributed by atoms with Gasteiger partial charge in [0.1, 0.15) is 4.83 Å². The van der Waals surface area contributed by atoms with E-state index in [1.807, 2.05) is 20.8 Å². The van der Waals surface area contributed by atoms with Crippen molar-refractivity contribution >= 4 is 33.8 Å². The number of hydrogen-bond donors (Lipinski definition) is 1. The van der Waals surface area contributed by atoms with Gasteiger partial charge in [-0.3, -0.25) is 9.36 Å². The molecule has 0 bridgehead atoms. The molecule has 5 heteroatoms. The number of fused-ring (bicyclic) bond motifs is 1. The molecule has 1 N–H and O–H groups in total. The number of hydrogen-bond acceptors (Lipinski definition) is 3. The Kier molecular flexibility index (Phi) is 2.52. The molecule has 0 amide bonds. The maximum absolute atomic E-state index is 12.1. The van der Waals surface area contributed by atoms with Crippen molar-refractivity contribution < 1.29 is 0 Å². The van der Waals surface area contributed by atoms with Crippen LogP contribution in [0.5, 0.6) is 0 Å². The maximum atomic E-state index is 12.1. The quantitative estimate of drug-likeness (QED) is 0.778. The molecular weight excluding hydrogens is 228 g/mol. The molecule has 0 aromatic carbocycles. The van der Waals surface area contributed by atoms with Crippen LogP contribution in [-0.2, 0) is 6.54 Å². The standard InChI is InChI=1S/C10H12N2OS2/c1-4-12-9(13)7-5(2)6(3)15-8(7)11-10(12)14/h4H2,1-3H3,(H,11,14). The van der Waals surface area contributed by atoms with Crippen LogP contribution in [0.25, 0.3) is 10.2 Å². The minimum atomic E-state index is 0.0260. The summed E-state index contributed by atoms with van der Waals surface area (Å²) in [7, 11) is 0. The van der Waals surface area contributed by atoms with Crippen molar-refractivity contribution in [3.8, 4) is 0 Å². The second-order valence-corrected chi connectivity index (χ2v) is 5.08. The van der Waals surface area contributed by atoms with Crippen LogP contribution in [0.4, 0.5) is 0 Å². The molecule has 0 aliphatic carbocycles. The number of nitrogens with zero attached hydrogens (tertiary/aromatic N) is 1. The van der Waals surface area contributed by atoms with Gasteiger partial charge in [-0.2, -0.15) is 0 Å². The Balaban J connectivity index is 3.06. The molecule has 3 nitrogen and oxygen atoms in total. The first-order valence-corrected chi connectivity index (χ1v) is 6.01. The van der Waals surface area contributed by atoms with E-state index >= 15 is 0 Å². The Bertz CT molecular complexity index is 633. The zero-order valence-corrected chi connectivity index (χ0v) is 10.5. The Morgan fingerprint density at radius 2 is 2.13 bits per heavy atom. The zero-order valence-electron chi connectivity index (χ0n) is 8.88. The minimum Gasteiger partial charge on any atom is -0.323 e. The van der Waals surface area contributed by atoms with E-state index in [0.717, 1.165) is 15.8 Å². The summed E-state index contributed by atoms with van der Waals surface area (Å²) in [4.78, 5) is 17.3. The maximum Gasteiger partial charge on any atom is 0.263 e. The van der Waals surface area contributed by atoms with Crippen molar-refractivity contribution in [1.29, 1.82) is 0 Å². The molecule has 0 spiro atoms. The summed E-state index contributed by atoms with van der Waals surface area (Å²) < 4.78 is 2.10. The molecular formula is C10H12N2OS2. The molecule has 0 unspecified atom stereocenters. The molecule has 0 fully saturated rings. The number of aryl methyl sites for hydroxylation is 2. The van der Waals surface area contributed by atoms with Gasteiger partial charge in [-0.1, -0.05) is 0 Å². The highest BCUT2D eigenvalue weighted by Crippen LogP contribution is 2.25. The predicted molar refractivity (Wildman–Crippen MR) is 66.4 cm³/mol. The molecule has 2 rings (SSSR count). The number of aromatic amines is 1. The van der Waals surface area contributed by atoms with E-state index in [0.29, 0.717) is 11.3 Å². The van der Waals surface area contributed by atoms with Crippen molar-refractivity contribution in [2.24, 2.45) is 0 Å². The molecule has 2 aromatic rings. The first-order chi connectivity index (χ1) is 7.06. The van der Waals surface area contributed by atoms with E-state index in [9.17, 15) is 4.79 Å². The highest BCUT2D eigenvalue weighted by atomic mass is 32.1. The summed E-state index contributed by atoms with van der Waals surface area (Å²) in [5, 5.41) is 0.785. The summed E-state index contributed by atoms with van der Waals surface area (Å²) in [6, 6.07) is 0. The van der Waals surface area contributed by atoms with Crippen LogP contribution in [0.1, 0.15) is 17.4 Å². The lowest BCUT2D eigenvalue weighted by atomic mass is 10.2. The van der Waals surface area contributed by atoms with Crippen molar-refractivity contribution in [1.82, 2.24) is 9.55 Å². The number of thiophene rings is 1. The van der Waals surface area contributed by atoms with E-state index < -0.39 is 0 Å². The number of H-pyrrole nitrogens is 1. The van der Waals surface area contributed by atoms with E-state index in [2.05, 4.69) is 4.98 Å². The largest absolute Gasteiger partial charge is 0.323 e. The monoisotopic (exact) mass is 240 g/mol. The van der Waals surface area contributed by atoms with E-state index in [1.165, 1.54) is 4.88 Å². The van der Waals surface area contributed by atoms with Crippen molar-refractivity contribution in [3.63, 3.8) is 0 Å². The molecule has 2 aromatic heterocycles. The highest BCUT2D eigenvalue weighted by Gasteiger charge is 2.11. The number of nitrogens with one attached hydrogen (secondary N) is 1. The molecule has 0 aliphatic rings. The molecule has 0 saturated carbocycles. The minimum absolute atomic E-state index is 0.0260. The van der Waals surface area contributed by atoms with Crippen molar-refractivity contribution in [2.75, 3.05) is 0 Å². The van der Waals surface area contributed by atoms with Crippen LogP contribution in [-0.4, -0.2) is 9.55 Å². The Morgan fingerprint density at radius 3 is 2.73 bits per heavy atom. The van der Waals surface area contributed by atoms with Gasteiger partial charge >= 0.3 is 0 Å². The SMILES string of the molecule is CCn1c(=S)[nH]c2sc(C)c(C)c2c1=O. The lowest BCUT2D eigenvalue weighted by molar-refractivity contribution is 0.705. The Morgan fingerprint density at radius 1 is 1.47 bits per heavy atom. The highest BCUT2D eigenvalue weighted by molar-refractivity contribution is 7.71. The number of aromatic nitrogens is 2. The zero-order chi connectivity index (χ0) is 11.2. The van der Waals surface area contributed by atoms with E-state index in [4.69, 9.17) is 12.2 Å². The van der Waals surface area contributed by atoms with Crippen molar-refractivity contribution in [3.05, 3.63) is 25.6 Å². The first kappa shape index (κ1) is 10.6. The molecule has 0 radical (unpaired) electrons. The average molecular weight is 240 g/mol. The van der Waals surface area contributed by atoms with E-state index in [-0.39, 0.29) is 5.56 Å². The second kappa shape index (κ2) is 3.57. The van der Waals surface area contributed by atoms with Gasteiger partial charge in [0.15, 0.2) is 4.77 Å². The lowest BCUT2D eigenvalue weighted by Gasteiger charge is -2.02. The normalized spacial score (nSPS) is 11.1. The summed E-state index contributed by atoms with van der Waals surface area (Å²) in [6.45, 7) is 6.53. The Hall–Kier alpha value is -0.940. The summed E-state index contributed by atoms with van der Waals surface area (Å²) in [5.41, 5.74) is 1.09. The fourth-order valence-corrected chi connectivity index (χ4v) is 3.08. The molecule has 0 aliphatic heterocycles. The van der Waals surface area contributed by atoms with Crippen LogP contribution >= 0.6 is 23.6 Å². The van der Waals surface area contributed by atoms with Gasteiger partial charge in [0.2, 0.25) is 0 Å². The van der Waals surface area contributed by atoms with Gasteiger partial charge in [-0.05, 0) is 38.6 Å². The lowest BCUT2D eigenvalue weighted by Crippen LogP contribution is -2.20. The topological polar surface area (TPSA) is 37.8 Å². The third-order valence-electron chi connectivity index (χ3n) is 2.63. The smallest absolute Gasteiger partial charge is 0.263 e. The third-order valence-corrected chi connectivity index (χ3v) is 4.07. The van der Waals surface area contributed by atoms with Gasteiger partial charge in [-0.15, -0.1) is 11.3 Å². The molecule has 0 saturated heterocycles. The molecule has 80 valence electrons. The molecule has 15 heavy (non-hydrogen) atoms. The first-order valence-electron chi connectivity index (χ1n) is 4.79. The Labute approximate surface area is 96.4 Å². The molecule has 2 heterocycles. The predicted octanol–water partition coefficient (Wildman–Crippen LogP) is 2.76. The average Bonchev–Trinajstić information content (AvgIpc) is 2.43. The van der Waals surface area contributed by atoms with Gasteiger partial charge in [0.25, 0.3) is 5.56 Å². The second-order valence-electron chi connectivity index (χ2n) is 3.47. The van der Waals surface area contributed by atoms with Crippen LogP contribution in [0.3, 0.4) is 0 Å². The van der Waals surface area contributed by atoms with Gasteiger partial charge in [0, 0.05) is 11.4 Å². The molecule has 0 atom stereocenters. The number of rotatable bonds is 1. The fraction of sp³-hybridized carbons (Fsp3) is 0.400. The fourth-order valence-electron chi connectivity index (χ4n) is 1.65. The van der Waals surface area contributed by atoms with Crippen LogP contribution in [0.15, 0.2) is 4.79 Å². The van der Waals surface area contributed by atoms with Gasteiger partial charge in [0.05, 0.1) is 5.39 Å². The summed E-state index contributed by atoms with van der Waals surface area (Å²) in [5.74, 6) is 0. The van der Waals surface area contributed by atoms with Gasteiger partial charge < -0.3 is 4.98 Å². The van der Waals surface area contributed by atoms with Crippen LogP contribution in [0, 0.1) is 18.6 Å².